The Labute approximate surface area is 155 Å². The van der Waals surface area contributed by atoms with Gasteiger partial charge in [0.05, 0.1) is 0 Å². The van der Waals surface area contributed by atoms with E-state index in [0.717, 1.165) is 38.9 Å². The van der Waals surface area contributed by atoms with Crippen molar-refractivity contribution in [3.8, 4) is 0 Å². The second-order valence-corrected chi connectivity index (χ2v) is 8.54. The molecule has 0 aromatic heterocycles. The fraction of sp³-hybridized carbons (Fsp3) is 0.400. The molecule has 0 saturated carbocycles. The smallest absolute Gasteiger partial charge is 0.243 e. The maximum absolute atomic E-state index is 13.7. The molecule has 6 heteroatoms. The van der Waals surface area contributed by atoms with Crippen molar-refractivity contribution in [2.75, 3.05) is 26.2 Å². The average molecular weight is 376 g/mol. The highest BCUT2D eigenvalue weighted by atomic mass is 32.2. The number of piperidine rings is 1. The summed E-state index contributed by atoms with van der Waals surface area (Å²) in [5, 5.41) is 0. The molecule has 0 amide bonds. The second-order valence-electron chi connectivity index (χ2n) is 6.80. The molecule has 0 spiro atoms. The molecule has 140 valence electrons. The van der Waals surface area contributed by atoms with Crippen LogP contribution in [0.3, 0.4) is 0 Å². The molecule has 3 rings (SSSR count). The van der Waals surface area contributed by atoms with Crippen LogP contribution >= 0.6 is 0 Å². The van der Waals surface area contributed by atoms with Crippen molar-refractivity contribution < 1.29 is 12.8 Å². The third kappa shape index (κ3) is 5.13. The zero-order valence-electron chi connectivity index (χ0n) is 14.8. The van der Waals surface area contributed by atoms with E-state index in [-0.39, 0.29) is 4.90 Å². The van der Waals surface area contributed by atoms with Gasteiger partial charge in [-0.1, -0.05) is 42.5 Å². The minimum atomic E-state index is -3.79. The molecule has 0 aliphatic carbocycles. The Bertz CT molecular complexity index is 804. The normalized spacial score (nSPS) is 16.7. The van der Waals surface area contributed by atoms with Crippen molar-refractivity contribution >= 4 is 10.0 Å². The first-order chi connectivity index (χ1) is 12.5. The van der Waals surface area contributed by atoms with Gasteiger partial charge in [-0.2, -0.15) is 0 Å². The van der Waals surface area contributed by atoms with Crippen LogP contribution in [0.15, 0.2) is 59.5 Å². The molecule has 0 bridgehead atoms. The number of hydrogen-bond acceptors (Lipinski definition) is 3. The van der Waals surface area contributed by atoms with E-state index in [9.17, 15) is 12.8 Å². The van der Waals surface area contributed by atoms with Crippen LogP contribution in [0.1, 0.15) is 18.4 Å². The van der Waals surface area contributed by atoms with Crippen LogP contribution < -0.4 is 4.72 Å². The first kappa shape index (κ1) is 19.0. The molecule has 0 atom stereocenters. The molecule has 1 aliphatic heterocycles. The summed E-state index contributed by atoms with van der Waals surface area (Å²) in [6.45, 7) is 3.33. The lowest BCUT2D eigenvalue weighted by Crippen LogP contribution is -2.39. The maximum atomic E-state index is 13.7. The highest BCUT2D eigenvalue weighted by Crippen LogP contribution is 2.19. The summed E-state index contributed by atoms with van der Waals surface area (Å²) in [6.07, 6.45) is 2.94. The van der Waals surface area contributed by atoms with Gasteiger partial charge in [0, 0.05) is 13.1 Å². The number of nitrogens with one attached hydrogen (secondary N) is 1. The number of benzene rings is 2. The van der Waals surface area contributed by atoms with Gasteiger partial charge in [0.1, 0.15) is 10.7 Å². The van der Waals surface area contributed by atoms with E-state index in [1.54, 1.807) is 0 Å². The summed E-state index contributed by atoms with van der Waals surface area (Å²) in [7, 11) is -3.79. The van der Waals surface area contributed by atoms with E-state index >= 15 is 0 Å². The minimum Gasteiger partial charge on any atom is -0.303 e. The Hall–Kier alpha value is -1.76. The Kier molecular flexibility index (Phi) is 6.40. The van der Waals surface area contributed by atoms with Crippen LogP contribution in [-0.2, 0) is 16.4 Å². The van der Waals surface area contributed by atoms with E-state index in [0.29, 0.717) is 12.5 Å². The monoisotopic (exact) mass is 376 g/mol. The largest absolute Gasteiger partial charge is 0.303 e. The van der Waals surface area contributed by atoms with Gasteiger partial charge >= 0.3 is 0 Å². The fourth-order valence-electron chi connectivity index (χ4n) is 3.31. The molecule has 2 aromatic carbocycles. The lowest BCUT2D eigenvalue weighted by atomic mass is 9.97. The molecule has 4 nitrogen and oxygen atoms in total. The lowest BCUT2D eigenvalue weighted by Gasteiger charge is -2.32. The summed E-state index contributed by atoms with van der Waals surface area (Å²) in [5.74, 6) is -0.416. The van der Waals surface area contributed by atoms with Crippen molar-refractivity contribution in [3.63, 3.8) is 0 Å². The molecule has 0 radical (unpaired) electrons. The Morgan fingerprint density at radius 1 is 1.00 bits per heavy atom. The number of nitrogens with zero attached hydrogens (tertiary/aromatic N) is 1. The zero-order valence-corrected chi connectivity index (χ0v) is 15.6. The Morgan fingerprint density at radius 3 is 2.35 bits per heavy atom. The molecule has 2 aromatic rings. The number of hydrogen-bond donors (Lipinski definition) is 1. The predicted octanol–water partition coefficient (Wildman–Crippen LogP) is 3.06. The van der Waals surface area contributed by atoms with Crippen LogP contribution in [-0.4, -0.2) is 39.5 Å². The van der Waals surface area contributed by atoms with Gasteiger partial charge in [-0.15, -0.1) is 0 Å². The standard InChI is InChI=1S/C20H25FN2O2S/c21-19-8-4-5-9-20(19)26(24,25)22-16-18-11-14-23(15-12-18)13-10-17-6-2-1-3-7-17/h1-9,18,22H,10-16H2. The van der Waals surface area contributed by atoms with Crippen molar-refractivity contribution in [1.29, 1.82) is 0 Å². The molecule has 0 unspecified atom stereocenters. The van der Waals surface area contributed by atoms with Gasteiger partial charge in [-0.25, -0.2) is 17.5 Å². The summed E-state index contributed by atoms with van der Waals surface area (Å²) in [4.78, 5) is 2.15. The molecular formula is C20H25FN2O2S. The van der Waals surface area contributed by atoms with Gasteiger partial charge in [-0.05, 0) is 56.0 Å². The summed E-state index contributed by atoms with van der Waals surface area (Å²) >= 11 is 0. The minimum absolute atomic E-state index is 0.278. The predicted molar refractivity (Wildman–Crippen MR) is 101 cm³/mol. The van der Waals surface area contributed by atoms with Gasteiger partial charge in [0.25, 0.3) is 0 Å². The first-order valence-corrected chi connectivity index (χ1v) is 10.5. The van der Waals surface area contributed by atoms with E-state index < -0.39 is 15.8 Å². The summed E-state index contributed by atoms with van der Waals surface area (Å²) in [5.41, 5.74) is 1.34. The van der Waals surface area contributed by atoms with E-state index in [2.05, 4.69) is 33.9 Å². The molecular weight excluding hydrogens is 351 g/mol. The second kappa shape index (κ2) is 8.75. The van der Waals surface area contributed by atoms with Gasteiger partial charge < -0.3 is 4.90 Å². The molecule has 1 heterocycles. The third-order valence-corrected chi connectivity index (χ3v) is 6.41. The topological polar surface area (TPSA) is 49.4 Å². The molecule has 1 fully saturated rings. The van der Waals surface area contributed by atoms with Crippen molar-refractivity contribution in [2.45, 2.75) is 24.2 Å². The quantitative estimate of drug-likeness (QED) is 0.808. The fourth-order valence-corrected chi connectivity index (χ4v) is 4.51. The third-order valence-electron chi connectivity index (χ3n) is 4.95. The number of likely N-dealkylation sites (tertiary alicyclic amines) is 1. The van der Waals surface area contributed by atoms with E-state index in [4.69, 9.17) is 0 Å². The van der Waals surface area contributed by atoms with Crippen LogP contribution in [0.5, 0.6) is 0 Å². The average Bonchev–Trinajstić information content (AvgIpc) is 2.67. The highest BCUT2D eigenvalue weighted by molar-refractivity contribution is 7.89. The number of sulfonamides is 1. The summed E-state index contributed by atoms with van der Waals surface area (Å²) < 4.78 is 40.8. The van der Waals surface area contributed by atoms with Gasteiger partial charge in [0.2, 0.25) is 10.0 Å². The zero-order chi connectivity index (χ0) is 18.4. The number of rotatable bonds is 7. The molecule has 1 aliphatic rings. The van der Waals surface area contributed by atoms with Crippen LogP contribution in [0.2, 0.25) is 0 Å². The molecule has 1 saturated heterocycles. The van der Waals surface area contributed by atoms with Gasteiger partial charge in [-0.3, -0.25) is 0 Å². The SMILES string of the molecule is O=S(=O)(NCC1CCN(CCc2ccccc2)CC1)c1ccccc1F. The van der Waals surface area contributed by atoms with Gasteiger partial charge in [0.15, 0.2) is 0 Å². The van der Waals surface area contributed by atoms with Crippen molar-refractivity contribution in [2.24, 2.45) is 5.92 Å². The maximum Gasteiger partial charge on any atom is 0.243 e. The van der Waals surface area contributed by atoms with Crippen molar-refractivity contribution in [3.05, 3.63) is 66.0 Å². The van der Waals surface area contributed by atoms with Crippen molar-refractivity contribution in [1.82, 2.24) is 9.62 Å². The first-order valence-electron chi connectivity index (χ1n) is 9.05. The van der Waals surface area contributed by atoms with E-state index in [1.807, 2.05) is 6.07 Å². The molecule has 26 heavy (non-hydrogen) atoms. The summed E-state index contributed by atoms with van der Waals surface area (Å²) in [6, 6.07) is 15.9. The van der Waals surface area contributed by atoms with E-state index in [1.165, 1.54) is 29.8 Å². The van der Waals surface area contributed by atoms with Crippen LogP contribution in [0.4, 0.5) is 4.39 Å². The Morgan fingerprint density at radius 2 is 1.65 bits per heavy atom. The van der Waals surface area contributed by atoms with Crippen LogP contribution in [0, 0.1) is 11.7 Å². The van der Waals surface area contributed by atoms with Crippen LogP contribution in [0.25, 0.3) is 0 Å². The Balaban J connectivity index is 1.43. The lowest BCUT2D eigenvalue weighted by molar-refractivity contribution is 0.187. The highest BCUT2D eigenvalue weighted by Gasteiger charge is 2.23. The molecule has 1 N–H and O–H groups in total. The number of halogens is 1.